The first-order chi connectivity index (χ1) is 10.3. The molecule has 0 aliphatic rings. The highest BCUT2D eigenvalue weighted by Crippen LogP contribution is 2.27. The Morgan fingerprint density at radius 2 is 2.18 bits per heavy atom. The minimum atomic E-state index is -0.316. The number of phenols is 1. The summed E-state index contributed by atoms with van der Waals surface area (Å²) in [6, 6.07) is 4.52. The van der Waals surface area contributed by atoms with Gasteiger partial charge in [-0.25, -0.2) is 0 Å². The second kappa shape index (κ2) is 6.71. The molecule has 1 aromatic carbocycles. The third-order valence-corrected chi connectivity index (χ3v) is 4.79. The van der Waals surface area contributed by atoms with Crippen molar-refractivity contribution in [3.8, 4) is 5.75 Å². The number of aryl methyl sites for hydroxylation is 1. The van der Waals surface area contributed by atoms with Gasteiger partial charge in [0.15, 0.2) is 0 Å². The standard InChI is InChI=1S/C15H17BrClN3O2/c1-8(7-20-10(3)14(16)9(2)19-20)15(22)18-12-6-11(17)4-5-13(12)21/h4-6,8,21H,7H2,1-3H3,(H,18,22)/t8-/m0/s1. The number of carbonyl (C=O) groups is 1. The molecule has 118 valence electrons. The van der Waals surface area contributed by atoms with Crippen LogP contribution in [0.5, 0.6) is 5.75 Å². The van der Waals surface area contributed by atoms with Crippen molar-refractivity contribution in [2.75, 3.05) is 5.32 Å². The Kier molecular flexibility index (Phi) is 5.13. The average molecular weight is 387 g/mol. The van der Waals surface area contributed by atoms with Crippen molar-refractivity contribution in [2.24, 2.45) is 5.92 Å². The van der Waals surface area contributed by atoms with Gasteiger partial charge in [-0.3, -0.25) is 9.48 Å². The number of aromatic nitrogens is 2. The largest absolute Gasteiger partial charge is 0.506 e. The van der Waals surface area contributed by atoms with E-state index in [1.165, 1.54) is 12.1 Å². The number of carbonyl (C=O) groups excluding carboxylic acids is 1. The van der Waals surface area contributed by atoms with Gasteiger partial charge in [0.05, 0.1) is 28.3 Å². The van der Waals surface area contributed by atoms with Crippen molar-refractivity contribution >= 4 is 39.1 Å². The SMILES string of the molecule is Cc1nn(C[C@H](C)C(=O)Nc2cc(Cl)ccc2O)c(C)c1Br. The first-order valence-corrected chi connectivity index (χ1v) is 7.95. The van der Waals surface area contributed by atoms with E-state index < -0.39 is 0 Å². The molecule has 5 nitrogen and oxygen atoms in total. The van der Waals surface area contributed by atoms with Crippen LogP contribution in [0.1, 0.15) is 18.3 Å². The summed E-state index contributed by atoms with van der Waals surface area (Å²) in [7, 11) is 0. The molecule has 0 saturated heterocycles. The molecule has 1 heterocycles. The van der Waals surface area contributed by atoms with Gasteiger partial charge in [0.1, 0.15) is 5.75 Å². The summed E-state index contributed by atoms with van der Waals surface area (Å²) in [5.41, 5.74) is 2.17. The zero-order valence-electron chi connectivity index (χ0n) is 12.5. The van der Waals surface area contributed by atoms with E-state index in [9.17, 15) is 9.90 Å². The van der Waals surface area contributed by atoms with Crippen molar-refractivity contribution in [1.29, 1.82) is 0 Å². The van der Waals surface area contributed by atoms with Crippen LogP contribution in [0, 0.1) is 19.8 Å². The average Bonchev–Trinajstić information content (AvgIpc) is 2.70. The Labute approximate surface area is 142 Å². The minimum absolute atomic E-state index is 0.0150. The number of anilines is 1. The number of benzene rings is 1. The van der Waals surface area contributed by atoms with Gasteiger partial charge >= 0.3 is 0 Å². The number of aromatic hydroxyl groups is 1. The maximum atomic E-state index is 12.3. The molecule has 0 aliphatic carbocycles. The quantitative estimate of drug-likeness (QED) is 0.783. The maximum absolute atomic E-state index is 12.3. The van der Waals surface area contributed by atoms with Crippen molar-refractivity contribution in [1.82, 2.24) is 9.78 Å². The third-order valence-electron chi connectivity index (χ3n) is 3.40. The predicted octanol–water partition coefficient (Wildman–Crippen LogP) is 3.90. The van der Waals surface area contributed by atoms with Gasteiger partial charge in [-0.05, 0) is 48.0 Å². The Hall–Kier alpha value is -1.53. The van der Waals surface area contributed by atoms with E-state index in [0.29, 0.717) is 17.3 Å². The first-order valence-electron chi connectivity index (χ1n) is 6.78. The van der Waals surface area contributed by atoms with Crippen LogP contribution in [-0.2, 0) is 11.3 Å². The fourth-order valence-electron chi connectivity index (χ4n) is 2.06. The Balaban J connectivity index is 2.09. The summed E-state index contributed by atoms with van der Waals surface area (Å²) in [5, 5.41) is 17.3. The summed E-state index contributed by atoms with van der Waals surface area (Å²) in [6.45, 7) is 6.10. The molecule has 1 atom stereocenters. The van der Waals surface area contributed by atoms with Gasteiger partial charge in [-0.1, -0.05) is 18.5 Å². The van der Waals surface area contributed by atoms with Crippen LogP contribution in [0.3, 0.4) is 0 Å². The molecule has 1 amide bonds. The lowest BCUT2D eigenvalue weighted by molar-refractivity contribution is -0.119. The Bertz CT molecular complexity index is 715. The number of nitrogens with zero attached hydrogens (tertiary/aromatic N) is 2. The molecule has 0 spiro atoms. The molecular weight excluding hydrogens is 370 g/mol. The summed E-state index contributed by atoms with van der Waals surface area (Å²) in [5.74, 6) is -0.539. The highest BCUT2D eigenvalue weighted by molar-refractivity contribution is 9.10. The van der Waals surface area contributed by atoms with E-state index in [-0.39, 0.29) is 17.6 Å². The third kappa shape index (κ3) is 3.62. The molecule has 0 unspecified atom stereocenters. The Morgan fingerprint density at radius 1 is 1.50 bits per heavy atom. The number of halogens is 2. The lowest BCUT2D eigenvalue weighted by Gasteiger charge is -2.14. The number of phenolic OH excluding ortho intramolecular Hbond substituents is 1. The van der Waals surface area contributed by atoms with E-state index in [1.54, 1.807) is 17.7 Å². The van der Waals surface area contributed by atoms with E-state index in [4.69, 9.17) is 11.6 Å². The molecule has 0 bridgehead atoms. The molecule has 0 saturated carbocycles. The van der Waals surface area contributed by atoms with Crippen molar-refractivity contribution in [3.63, 3.8) is 0 Å². The highest BCUT2D eigenvalue weighted by atomic mass is 79.9. The number of rotatable bonds is 4. The molecule has 2 rings (SSSR count). The summed E-state index contributed by atoms with van der Waals surface area (Å²) < 4.78 is 2.74. The number of nitrogens with one attached hydrogen (secondary N) is 1. The topological polar surface area (TPSA) is 67.2 Å². The molecule has 2 N–H and O–H groups in total. The van der Waals surface area contributed by atoms with Crippen LogP contribution < -0.4 is 5.32 Å². The molecule has 22 heavy (non-hydrogen) atoms. The van der Waals surface area contributed by atoms with Gasteiger partial charge < -0.3 is 10.4 Å². The van der Waals surface area contributed by atoms with Gasteiger partial charge in [0, 0.05) is 10.7 Å². The van der Waals surface area contributed by atoms with E-state index in [0.717, 1.165) is 15.9 Å². The van der Waals surface area contributed by atoms with Gasteiger partial charge in [0.25, 0.3) is 0 Å². The zero-order chi connectivity index (χ0) is 16.4. The second-order valence-corrected chi connectivity index (χ2v) is 6.45. The second-order valence-electron chi connectivity index (χ2n) is 5.22. The van der Waals surface area contributed by atoms with Crippen LogP contribution in [0.15, 0.2) is 22.7 Å². The van der Waals surface area contributed by atoms with Crippen LogP contribution in [-0.4, -0.2) is 20.8 Å². The summed E-state index contributed by atoms with van der Waals surface area (Å²) in [6.07, 6.45) is 0. The van der Waals surface area contributed by atoms with E-state index in [1.807, 2.05) is 13.8 Å². The van der Waals surface area contributed by atoms with Crippen molar-refractivity contribution < 1.29 is 9.90 Å². The number of hydrogen-bond donors (Lipinski definition) is 2. The molecule has 0 fully saturated rings. The summed E-state index contributed by atoms with van der Waals surface area (Å²) in [4.78, 5) is 12.3. The van der Waals surface area contributed by atoms with Gasteiger partial charge in [-0.15, -0.1) is 0 Å². The fraction of sp³-hybridized carbons (Fsp3) is 0.333. The maximum Gasteiger partial charge on any atom is 0.229 e. The monoisotopic (exact) mass is 385 g/mol. The van der Waals surface area contributed by atoms with Crippen molar-refractivity contribution in [3.05, 3.63) is 39.1 Å². The molecule has 7 heteroatoms. The van der Waals surface area contributed by atoms with Crippen molar-refractivity contribution in [2.45, 2.75) is 27.3 Å². The smallest absolute Gasteiger partial charge is 0.229 e. The van der Waals surface area contributed by atoms with E-state index >= 15 is 0 Å². The molecular formula is C15H17BrClN3O2. The van der Waals surface area contributed by atoms with Crippen LogP contribution in [0.2, 0.25) is 5.02 Å². The lowest BCUT2D eigenvalue weighted by atomic mass is 10.1. The zero-order valence-corrected chi connectivity index (χ0v) is 14.9. The number of hydrogen-bond acceptors (Lipinski definition) is 3. The van der Waals surface area contributed by atoms with Crippen LogP contribution in [0.25, 0.3) is 0 Å². The summed E-state index contributed by atoms with van der Waals surface area (Å²) >= 11 is 9.34. The molecule has 2 aromatic rings. The highest BCUT2D eigenvalue weighted by Gasteiger charge is 2.18. The van der Waals surface area contributed by atoms with Crippen LogP contribution >= 0.6 is 27.5 Å². The van der Waals surface area contributed by atoms with E-state index in [2.05, 4.69) is 26.3 Å². The Morgan fingerprint density at radius 3 is 2.77 bits per heavy atom. The van der Waals surface area contributed by atoms with Gasteiger partial charge in [0.2, 0.25) is 5.91 Å². The predicted molar refractivity (Wildman–Crippen MR) is 90.3 cm³/mol. The molecule has 1 aromatic heterocycles. The van der Waals surface area contributed by atoms with Gasteiger partial charge in [-0.2, -0.15) is 5.10 Å². The first kappa shape index (κ1) is 16.8. The normalized spacial score (nSPS) is 12.2. The fourth-order valence-corrected chi connectivity index (χ4v) is 2.52. The number of amides is 1. The molecule has 0 radical (unpaired) electrons. The van der Waals surface area contributed by atoms with Crippen LogP contribution in [0.4, 0.5) is 5.69 Å². The lowest BCUT2D eigenvalue weighted by Crippen LogP contribution is -2.25. The minimum Gasteiger partial charge on any atom is -0.506 e. The molecule has 0 aliphatic heterocycles.